The van der Waals surface area contributed by atoms with E-state index in [-0.39, 0.29) is 19.0 Å². The molecular weight excluding hydrogens is 299 g/mol. The number of hydrogen-bond donors (Lipinski definition) is 2. The summed E-state index contributed by atoms with van der Waals surface area (Å²) in [4.78, 5) is 24.2. The van der Waals surface area contributed by atoms with E-state index in [0.29, 0.717) is 0 Å². The van der Waals surface area contributed by atoms with Crippen LogP contribution in [-0.4, -0.2) is 46.9 Å². The minimum Gasteiger partial charge on any atom is -0.478 e. The molecule has 0 saturated carbocycles. The van der Waals surface area contributed by atoms with Crippen LogP contribution in [0.5, 0.6) is 0 Å². The molecule has 11 heteroatoms. The molecule has 0 bridgehead atoms. The molecule has 0 aliphatic rings. The van der Waals surface area contributed by atoms with E-state index in [1.807, 2.05) is 0 Å². The summed E-state index contributed by atoms with van der Waals surface area (Å²) in [7, 11) is 0. The Morgan fingerprint density at radius 3 is 2.71 bits per heavy atom. The fraction of sp³-hybridized carbons (Fsp3) is 0.400. The number of anilines is 1. The van der Waals surface area contributed by atoms with Gasteiger partial charge in [0, 0.05) is 12.6 Å². The highest BCUT2D eigenvalue weighted by molar-refractivity contribution is 5.93. The van der Waals surface area contributed by atoms with Crippen molar-refractivity contribution in [2.24, 2.45) is 0 Å². The van der Waals surface area contributed by atoms with Gasteiger partial charge in [-0.2, -0.15) is 13.2 Å². The quantitative estimate of drug-likeness (QED) is 0.447. The molecule has 1 aromatic heterocycles. The van der Waals surface area contributed by atoms with E-state index in [2.05, 4.69) is 15.0 Å². The van der Waals surface area contributed by atoms with Crippen LogP contribution in [0.1, 0.15) is 10.4 Å². The number of rotatable bonds is 7. The minimum atomic E-state index is -4.45. The molecule has 2 N–H and O–H groups in total. The van der Waals surface area contributed by atoms with Gasteiger partial charge in [-0.15, -0.1) is 0 Å². The topological polar surface area (TPSA) is 115 Å². The first kappa shape index (κ1) is 16.6. The Morgan fingerprint density at radius 2 is 2.19 bits per heavy atom. The van der Waals surface area contributed by atoms with E-state index in [1.54, 1.807) is 0 Å². The number of ether oxygens (including phenoxy) is 1. The van der Waals surface area contributed by atoms with Crippen molar-refractivity contribution in [1.82, 2.24) is 4.98 Å². The van der Waals surface area contributed by atoms with E-state index in [0.717, 1.165) is 12.3 Å². The second kappa shape index (κ2) is 6.83. The first-order valence-electron chi connectivity index (χ1n) is 5.47. The van der Waals surface area contributed by atoms with Gasteiger partial charge in [0.15, 0.2) is 0 Å². The molecule has 0 aliphatic carbocycles. The zero-order valence-corrected chi connectivity index (χ0v) is 10.4. The van der Waals surface area contributed by atoms with Gasteiger partial charge in [0.2, 0.25) is 0 Å². The van der Waals surface area contributed by atoms with E-state index in [4.69, 9.17) is 5.11 Å². The average molecular weight is 309 g/mol. The van der Waals surface area contributed by atoms with Gasteiger partial charge in [-0.25, -0.2) is 9.78 Å². The lowest BCUT2D eigenvalue weighted by molar-refractivity contribution is -0.385. The molecule has 0 unspecified atom stereocenters. The Labute approximate surface area is 115 Å². The second-order valence-corrected chi connectivity index (χ2v) is 3.75. The summed E-state index contributed by atoms with van der Waals surface area (Å²) in [6.07, 6.45) is -3.61. The number of carboxylic acid groups (broad SMARTS) is 1. The third-order valence-electron chi connectivity index (χ3n) is 2.12. The molecule has 0 aliphatic heterocycles. The number of carbonyl (C=O) groups is 1. The van der Waals surface area contributed by atoms with E-state index >= 15 is 0 Å². The molecular formula is C10H10F3N3O5. The highest BCUT2D eigenvalue weighted by atomic mass is 19.4. The monoisotopic (exact) mass is 309 g/mol. The number of nitrogens with one attached hydrogen (secondary N) is 1. The van der Waals surface area contributed by atoms with E-state index in [1.165, 1.54) is 0 Å². The van der Waals surface area contributed by atoms with Gasteiger partial charge < -0.3 is 15.2 Å². The van der Waals surface area contributed by atoms with Crippen LogP contribution in [-0.2, 0) is 4.74 Å². The molecule has 0 amide bonds. The van der Waals surface area contributed by atoms with Crippen LogP contribution in [0.25, 0.3) is 0 Å². The van der Waals surface area contributed by atoms with Crippen molar-refractivity contribution in [3.63, 3.8) is 0 Å². The number of hydrogen-bond acceptors (Lipinski definition) is 6. The highest BCUT2D eigenvalue weighted by Crippen LogP contribution is 2.19. The standard InChI is InChI=1S/C10H10F3N3O5/c11-10(12,13)5-21-2-1-14-8-7(9(17)18)3-6(4-15-8)16(19)20/h3-4H,1-2,5H2,(H,14,15)(H,17,18). The number of nitro groups is 1. The van der Waals surface area contributed by atoms with E-state index in [9.17, 15) is 28.1 Å². The Balaban J connectivity index is 2.62. The third-order valence-corrected chi connectivity index (χ3v) is 2.12. The molecule has 0 spiro atoms. The summed E-state index contributed by atoms with van der Waals surface area (Å²) in [5.41, 5.74) is -0.966. The van der Waals surface area contributed by atoms with Gasteiger partial charge in [0.25, 0.3) is 5.69 Å². The fourth-order valence-corrected chi connectivity index (χ4v) is 1.29. The Kier molecular flexibility index (Phi) is 5.41. The first-order chi connectivity index (χ1) is 9.70. The Bertz CT molecular complexity index is 535. The molecule has 1 heterocycles. The van der Waals surface area contributed by atoms with Gasteiger partial charge >= 0.3 is 12.1 Å². The number of aromatic carboxylic acids is 1. The van der Waals surface area contributed by atoms with Gasteiger partial charge in [0.05, 0.1) is 11.5 Å². The van der Waals surface area contributed by atoms with Crippen molar-refractivity contribution < 1.29 is 32.7 Å². The summed E-state index contributed by atoms with van der Waals surface area (Å²) < 4.78 is 39.7. The second-order valence-electron chi connectivity index (χ2n) is 3.75. The summed E-state index contributed by atoms with van der Waals surface area (Å²) >= 11 is 0. The van der Waals surface area contributed by atoms with Crippen LogP contribution in [0, 0.1) is 10.1 Å². The van der Waals surface area contributed by atoms with Crippen molar-refractivity contribution in [3.8, 4) is 0 Å². The zero-order chi connectivity index (χ0) is 16.0. The number of aromatic nitrogens is 1. The van der Waals surface area contributed by atoms with Crippen LogP contribution in [0.2, 0.25) is 0 Å². The molecule has 0 radical (unpaired) electrons. The number of pyridine rings is 1. The number of nitrogens with zero attached hydrogens (tertiary/aromatic N) is 2. The third kappa shape index (κ3) is 5.60. The SMILES string of the molecule is O=C(O)c1cc([N+](=O)[O-])cnc1NCCOCC(F)(F)F. The van der Waals surface area contributed by atoms with Crippen molar-refractivity contribution in [2.45, 2.75) is 6.18 Å². The summed E-state index contributed by atoms with van der Waals surface area (Å²) in [6, 6.07) is 0.800. The fourth-order valence-electron chi connectivity index (χ4n) is 1.29. The lowest BCUT2D eigenvalue weighted by atomic mass is 10.2. The van der Waals surface area contributed by atoms with Crippen molar-refractivity contribution in [1.29, 1.82) is 0 Å². The van der Waals surface area contributed by atoms with Gasteiger partial charge in [-0.3, -0.25) is 10.1 Å². The lowest BCUT2D eigenvalue weighted by Gasteiger charge is -2.10. The maximum Gasteiger partial charge on any atom is 0.411 e. The lowest BCUT2D eigenvalue weighted by Crippen LogP contribution is -2.20. The van der Waals surface area contributed by atoms with E-state index < -0.39 is 34.9 Å². The Hall–Kier alpha value is -2.43. The average Bonchev–Trinajstić information content (AvgIpc) is 2.36. The molecule has 8 nitrogen and oxygen atoms in total. The van der Waals surface area contributed by atoms with Crippen LogP contribution < -0.4 is 5.32 Å². The molecule has 116 valence electrons. The molecule has 0 aromatic carbocycles. The highest BCUT2D eigenvalue weighted by Gasteiger charge is 2.27. The normalized spacial score (nSPS) is 11.2. The smallest absolute Gasteiger partial charge is 0.411 e. The Morgan fingerprint density at radius 1 is 1.52 bits per heavy atom. The molecule has 1 aromatic rings. The van der Waals surface area contributed by atoms with Crippen molar-refractivity contribution >= 4 is 17.5 Å². The minimum absolute atomic E-state index is 0.138. The zero-order valence-electron chi connectivity index (χ0n) is 10.4. The number of halogens is 3. The van der Waals surface area contributed by atoms with Gasteiger partial charge in [-0.05, 0) is 0 Å². The molecule has 0 saturated heterocycles. The maximum absolute atomic E-state index is 11.8. The first-order valence-corrected chi connectivity index (χ1v) is 5.47. The van der Waals surface area contributed by atoms with Crippen molar-refractivity contribution in [3.05, 3.63) is 27.9 Å². The van der Waals surface area contributed by atoms with Gasteiger partial charge in [0.1, 0.15) is 24.2 Å². The summed E-state index contributed by atoms with van der Waals surface area (Å²) in [5.74, 6) is -1.64. The maximum atomic E-state index is 11.8. The number of alkyl halides is 3. The predicted octanol–water partition coefficient (Wildman–Crippen LogP) is 1.68. The largest absolute Gasteiger partial charge is 0.478 e. The van der Waals surface area contributed by atoms with Crippen LogP contribution >= 0.6 is 0 Å². The van der Waals surface area contributed by atoms with Crippen LogP contribution in [0.3, 0.4) is 0 Å². The summed E-state index contributed by atoms with van der Waals surface area (Å²) in [6.45, 7) is -1.90. The van der Waals surface area contributed by atoms with Gasteiger partial charge in [-0.1, -0.05) is 0 Å². The number of carboxylic acids is 1. The molecule has 1 rings (SSSR count). The van der Waals surface area contributed by atoms with Crippen molar-refractivity contribution in [2.75, 3.05) is 25.1 Å². The molecule has 0 fully saturated rings. The summed E-state index contributed by atoms with van der Waals surface area (Å²) in [5, 5.41) is 21.8. The predicted molar refractivity (Wildman–Crippen MR) is 63.2 cm³/mol. The van der Waals surface area contributed by atoms with Crippen LogP contribution in [0.4, 0.5) is 24.7 Å². The molecule has 0 atom stereocenters. The van der Waals surface area contributed by atoms with Crippen LogP contribution in [0.15, 0.2) is 12.3 Å². The molecule has 21 heavy (non-hydrogen) atoms.